The van der Waals surface area contributed by atoms with E-state index in [0.717, 1.165) is 33.0 Å². The second-order valence-corrected chi connectivity index (χ2v) is 7.31. The Hall–Kier alpha value is -3.83. The zero-order valence-electron chi connectivity index (χ0n) is 17.1. The number of esters is 1. The van der Waals surface area contributed by atoms with E-state index in [4.69, 9.17) is 14.2 Å². The second kappa shape index (κ2) is 7.45. The fraction of sp³-hybridized carbons (Fsp3) is 0.115. The number of aliphatic hydroxyl groups excluding tert-OH is 1. The summed E-state index contributed by atoms with van der Waals surface area (Å²) in [6.45, 7) is 0. The van der Waals surface area contributed by atoms with Gasteiger partial charge in [-0.15, -0.1) is 0 Å². The predicted molar refractivity (Wildman–Crippen MR) is 118 cm³/mol. The third-order valence-electron chi connectivity index (χ3n) is 5.58. The first-order valence-corrected chi connectivity index (χ1v) is 9.90. The number of methoxy groups -OCH3 is 2. The molecule has 3 aromatic carbocycles. The number of fused-ring (bicyclic) bond motifs is 4. The maximum absolute atomic E-state index is 12.5. The summed E-state index contributed by atoms with van der Waals surface area (Å²) in [4.78, 5) is 12.5. The molecule has 0 amide bonds. The molecule has 1 N–H and O–H groups in total. The van der Waals surface area contributed by atoms with E-state index in [9.17, 15) is 9.90 Å². The number of allylic oxidation sites excluding steroid dienone is 1. The van der Waals surface area contributed by atoms with Crippen LogP contribution in [0.3, 0.4) is 0 Å². The van der Waals surface area contributed by atoms with Crippen LogP contribution in [0.25, 0.3) is 16.3 Å². The van der Waals surface area contributed by atoms with E-state index in [2.05, 4.69) is 0 Å². The van der Waals surface area contributed by atoms with Crippen molar-refractivity contribution in [3.63, 3.8) is 0 Å². The summed E-state index contributed by atoms with van der Waals surface area (Å²) >= 11 is 0. The third kappa shape index (κ3) is 3.02. The van der Waals surface area contributed by atoms with Crippen molar-refractivity contribution in [1.29, 1.82) is 0 Å². The quantitative estimate of drug-likeness (QED) is 0.635. The van der Waals surface area contributed by atoms with Crippen molar-refractivity contribution in [1.82, 2.24) is 0 Å². The molecule has 5 rings (SSSR count). The highest BCUT2D eigenvalue weighted by atomic mass is 16.5. The molecule has 154 valence electrons. The molecule has 0 fully saturated rings. The van der Waals surface area contributed by atoms with Gasteiger partial charge in [-0.1, -0.05) is 48.6 Å². The molecule has 3 aromatic rings. The summed E-state index contributed by atoms with van der Waals surface area (Å²) in [5.74, 6) is 1.43. The fourth-order valence-corrected chi connectivity index (χ4v) is 4.19. The van der Waals surface area contributed by atoms with E-state index in [1.54, 1.807) is 25.3 Å². The highest BCUT2D eigenvalue weighted by Crippen LogP contribution is 2.48. The number of hydrogen-bond acceptors (Lipinski definition) is 5. The summed E-state index contributed by atoms with van der Waals surface area (Å²) in [6, 6.07) is 17.1. The van der Waals surface area contributed by atoms with Crippen molar-refractivity contribution >= 4 is 22.3 Å². The van der Waals surface area contributed by atoms with Gasteiger partial charge >= 0.3 is 5.97 Å². The minimum absolute atomic E-state index is 0.416. The normalized spacial score (nSPS) is 16.9. The molecule has 1 unspecified atom stereocenters. The molecule has 2 aliphatic rings. The van der Waals surface area contributed by atoms with Gasteiger partial charge in [-0.3, -0.25) is 0 Å². The summed E-state index contributed by atoms with van der Waals surface area (Å²) in [7, 11) is 2.99. The van der Waals surface area contributed by atoms with Gasteiger partial charge in [0.15, 0.2) is 0 Å². The Morgan fingerprint density at radius 2 is 1.84 bits per heavy atom. The zero-order chi connectivity index (χ0) is 21.5. The van der Waals surface area contributed by atoms with Crippen LogP contribution in [-0.4, -0.2) is 31.4 Å². The highest BCUT2D eigenvalue weighted by Gasteiger charge is 2.31. The van der Waals surface area contributed by atoms with Crippen LogP contribution in [0.2, 0.25) is 0 Å². The van der Waals surface area contributed by atoms with Crippen LogP contribution in [0.4, 0.5) is 0 Å². The number of aliphatic hydroxyl groups is 1. The smallest absolute Gasteiger partial charge is 0.338 e. The van der Waals surface area contributed by atoms with Gasteiger partial charge in [-0.2, -0.15) is 0 Å². The molecular weight excluding hydrogens is 392 g/mol. The minimum atomic E-state index is -0.755. The molecule has 0 aromatic heterocycles. The van der Waals surface area contributed by atoms with Crippen LogP contribution in [0, 0.1) is 0 Å². The molecule has 0 saturated carbocycles. The molecule has 5 heteroatoms. The van der Waals surface area contributed by atoms with Crippen molar-refractivity contribution in [3.05, 3.63) is 101 Å². The maximum atomic E-state index is 12.5. The number of carbonyl (C=O) groups excluding carboxylic acids is 1. The Bertz CT molecular complexity index is 1310. The Labute approximate surface area is 179 Å². The molecule has 0 spiro atoms. The van der Waals surface area contributed by atoms with E-state index in [1.165, 1.54) is 7.11 Å². The second-order valence-electron chi connectivity index (χ2n) is 7.31. The average molecular weight is 412 g/mol. The van der Waals surface area contributed by atoms with Gasteiger partial charge in [0.25, 0.3) is 0 Å². The monoisotopic (exact) mass is 412 g/mol. The van der Waals surface area contributed by atoms with Crippen molar-refractivity contribution in [2.24, 2.45) is 0 Å². The van der Waals surface area contributed by atoms with Crippen LogP contribution >= 0.6 is 0 Å². The molecular formula is C26H20O5. The van der Waals surface area contributed by atoms with Gasteiger partial charge in [0, 0.05) is 16.7 Å². The number of ether oxygens (including phenoxy) is 3. The van der Waals surface area contributed by atoms with E-state index >= 15 is 0 Å². The maximum Gasteiger partial charge on any atom is 0.338 e. The van der Waals surface area contributed by atoms with Gasteiger partial charge in [-0.25, -0.2) is 4.79 Å². The lowest BCUT2D eigenvalue weighted by Gasteiger charge is -2.29. The largest absolute Gasteiger partial charge is 0.496 e. The van der Waals surface area contributed by atoms with E-state index in [-0.39, 0.29) is 0 Å². The lowest BCUT2D eigenvalue weighted by atomic mass is 9.84. The minimum Gasteiger partial charge on any atom is -0.496 e. The van der Waals surface area contributed by atoms with Gasteiger partial charge in [-0.05, 0) is 35.2 Å². The Balaban J connectivity index is 1.89. The van der Waals surface area contributed by atoms with Crippen LogP contribution in [-0.2, 0) is 4.74 Å². The van der Waals surface area contributed by atoms with Crippen molar-refractivity contribution in [2.45, 2.75) is 6.10 Å². The van der Waals surface area contributed by atoms with E-state index < -0.39 is 12.1 Å². The molecule has 1 atom stereocenters. The van der Waals surface area contributed by atoms with Gasteiger partial charge in [0.1, 0.15) is 17.3 Å². The fourth-order valence-electron chi connectivity index (χ4n) is 4.19. The zero-order valence-corrected chi connectivity index (χ0v) is 17.1. The Morgan fingerprint density at radius 3 is 2.65 bits per heavy atom. The Kier molecular flexibility index (Phi) is 4.60. The standard InChI is InChI=1S/C26H20O5/c1-29-21-9-5-6-15-10-12-20-24(17-7-3-4-8-18(17)26(28)30-2)19-13-11-16(27)14-22(19)31-25(20)23(15)21/h3-14,16,27H,1-2H3. The van der Waals surface area contributed by atoms with E-state index in [1.807, 2.05) is 54.6 Å². The summed E-state index contributed by atoms with van der Waals surface area (Å²) in [5, 5.41) is 12.0. The lowest BCUT2D eigenvalue weighted by molar-refractivity contribution is 0.0600. The first kappa shape index (κ1) is 19.2. The number of hydrogen-bond donors (Lipinski definition) is 1. The predicted octanol–water partition coefficient (Wildman–Crippen LogP) is 4.64. The van der Waals surface area contributed by atoms with Crippen LogP contribution in [0.5, 0.6) is 11.5 Å². The van der Waals surface area contributed by atoms with Gasteiger partial charge in [0.2, 0.25) is 0 Å². The first-order chi connectivity index (χ1) is 15.1. The number of rotatable bonds is 3. The third-order valence-corrected chi connectivity index (χ3v) is 5.58. The summed E-state index contributed by atoms with van der Waals surface area (Å²) in [5.41, 5.74) is 3.66. The molecule has 0 radical (unpaired) electrons. The number of benzene rings is 3. The topological polar surface area (TPSA) is 65.0 Å². The SMILES string of the molecule is COC(=O)c1ccccc1C1=C2C=CC(O)C=C2Oc2c1ccc1cccc(OC)c21. The molecule has 1 aliphatic carbocycles. The van der Waals surface area contributed by atoms with Gasteiger partial charge < -0.3 is 19.3 Å². The molecule has 1 aliphatic heterocycles. The van der Waals surface area contributed by atoms with Crippen LogP contribution in [0.1, 0.15) is 21.5 Å². The molecule has 1 heterocycles. The van der Waals surface area contributed by atoms with Crippen molar-refractivity contribution in [3.8, 4) is 11.5 Å². The van der Waals surface area contributed by atoms with E-state index in [0.29, 0.717) is 22.8 Å². The Morgan fingerprint density at radius 1 is 1.00 bits per heavy atom. The van der Waals surface area contributed by atoms with Gasteiger partial charge in [0.05, 0.1) is 31.3 Å². The summed E-state index contributed by atoms with van der Waals surface area (Å²) < 4.78 is 17.0. The molecule has 31 heavy (non-hydrogen) atoms. The number of carbonyl (C=O) groups is 1. The first-order valence-electron chi connectivity index (χ1n) is 9.90. The van der Waals surface area contributed by atoms with Crippen molar-refractivity contribution < 1.29 is 24.1 Å². The average Bonchev–Trinajstić information content (AvgIpc) is 2.81. The molecule has 5 nitrogen and oxygen atoms in total. The van der Waals surface area contributed by atoms with Crippen molar-refractivity contribution in [2.75, 3.05) is 14.2 Å². The summed E-state index contributed by atoms with van der Waals surface area (Å²) in [6.07, 6.45) is 4.43. The molecule has 0 saturated heterocycles. The lowest BCUT2D eigenvalue weighted by Crippen LogP contribution is -2.17. The highest BCUT2D eigenvalue weighted by molar-refractivity contribution is 6.05. The molecule has 0 bridgehead atoms. The van der Waals surface area contributed by atoms with Crippen LogP contribution < -0.4 is 9.47 Å². The van der Waals surface area contributed by atoms with Crippen LogP contribution in [0.15, 0.2) is 84.2 Å².